The van der Waals surface area contributed by atoms with E-state index >= 15 is 0 Å². The van der Waals surface area contributed by atoms with E-state index in [9.17, 15) is 61.5 Å². The summed E-state index contributed by atoms with van der Waals surface area (Å²) in [6.07, 6.45) is -29.8. The molecule has 1 nitrogen and oxygen atoms in total. The second-order valence-corrected chi connectivity index (χ2v) is 5.13. The first kappa shape index (κ1) is 29.0. The Morgan fingerprint density at radius 1 is 0.679 bits per heavy atom. The summed E-state index contributed by atoms with van der Waals surface area (Å²) in [6.45, 7) is 1.06. The molecule has 0 aromatic carbocycles. The Labute approximate surface area is 145 Å². The van der Waals surface area contributed by atoms with Crippen LogP contribution in [0, 0.1) is 5.92 Å². The summed E-state index contributed by atoms with van der Waals surface area (Å²) in [5.74, 6) is -18.1. The van der Waals surface area contributed by atoms with Crippen molar-refractivity contribution in [3.63, 3.8) is 0 Å². The zero-order chi connectivity index (χ0) is 23.4. The summed E-state index contributed by atoms with van der Waals surface area (Å²) < 4.78 is 194. The molecule has 0 bridgehead atoms. The van der Waals surface area contributed by atoms with Gasteiger partial charge in [-0.05, 0) is 6.42 Å². The molecule has 0 amide bonds. The van der Waals surface area contributed by atoms with Gasteiger partial charge in [0.1, 0.15) is 0 Å². The molecule has 0 radical (unpaired) electrons. The van der Waals surface area contributed by atoms with Crippen molar-refractivity contribution in [1.82, 2.24) is 0 Å². The van der Waals surface area contributed by atoms with Crippen LogP contribution in [-0.2, 0) is 4.74 Å². The van der Waals surface area contributed by atoms with Gasteiger partial charge in [0.25, 0.3) is 0 Å². The van der Waals surface area contributed by atoms with Crippen LogP contribution in [0.5, 0.6) is 0 Å². The van der Waals surface area contributed by atoms with Gasteiger partial charge in [-0.1, -0.05) is 13.3 Å². The molecule has 0 saturated heterocycles. The first-order valence-corrected chi connectivity index (χ1v) is 6.61. The van der Waals surface area contributed by atoms with Gasteiger partial charge in [0.05, 0.1) is 12.3 Å². The number of rotatable bonds is 8. The minimum absolute atomic E-state index is 0.418. The SMILES string of the molecule is CCCC(CC(F)(F)OC(F)(F)C(F)(F)C(F)(F)C(F)(F)F)C(F)(F)F.FF. The van der Waals surface area contributed by atoms with Crippen LogP contribution >= 0.6 is 0 Å². The molecular weight excluding hydrogens is 452 g/mol. The Bertz CT molecular complexity index is 464. The van der Waals surface area contributed by atoms with Gasteiger partial charge in [-0.2, -0.15) is 61.5 Å². The minimum Gasteiger partial charge on any atom is -0.250 e. The summed E-state index contributed by atoms with van der Waals surface area (Å²) in [7, 11) is 0. The smallest absolute Gasteiger partial charge is 0.250 e. The number of hydrogen-bond acceptors (Lipinski definition) is 1. The van der Waals surface area contributed by atoms with Gasteiger partial charge in [0.2, 0.25) is 0 Å². The van der Waals surface area contributed by atoms with E-state index in [1.54, 1.807) is 0 Å². The van der Waals surface area contributed by atoms with Crippen molar-refractivity contribution >= 4 is 0 Å². The third-order valence-corrected chi connectivity index (χ3v) is 2.98. The molecule has 172 valence electrons. The summed E-state index contributed by atoms with van der Waals surface area (Å²) in [5.41, 5.74) is 0. The van der Waals surface area contributed by atoms with E-state index in [1.807, 2.05) is 4.74 Å². The Morgan fingerprint density at radius 2 is 1.07 bits per heavy atom. The third kappa shape index (κ3) is 6.72. The lowest BCUT2D eigenvalue weighted by Crippen LogP contribution is -2.63. The Kier molecular flexibility index (Phi) is 9.45. The number of alkyl halides is 14. The average Bonchev–Trinajstić information content (AvgIpc) is 2.45. The highest BCUT2D eigenvalue weighted by Crippen LogP contribution is 2.55. The van der Waals surface area contributed by atoms with Crippen LogP contribution in [-0.4, -0.2) is 36.4 Å². The molecule has 0 rings (SSSR count). The monoisotopic (exact) mass is 462 g/mol. The normalized spacial score (nSPS) is 15.8. The zero-order valence-electron chi connectivity index (χ0n) is 13.2. The van der Waals surface area contributed by atoms with Gasteiger partial charge in [-0.25, -0.2) is 0 Å². The van der Waals surface area contributed by atoms with Crippen molar-refractivity contribution in [2.45, 2.75) is 62.6 Å². The maximum Gasteiger partial charge on any atom is 0.460 e. The highest BCUT2D eigenvalue weighted by molar-refractivity contribution is 4.97. The third-order valence-electron chi connectivity index (χ3n) is 2.98. The van der Waals surface area contributed by atoms with Crippen LogP contribution in [0.2, 0.25) is 0 Å². The highest BCUT2D eigenvalue weighted by atomic mass is 20.0. The summed E-state index contributed by atoms with van der Waals surface area (Å²) in [6, 6.07) is 0. The van der Waals surface area contributed by atoms with Crippen molar-refractivity contribution in [3.05, 3.63) is 0 Å². The predicted molar refractivity (Wildman–Crippen MR) is 58.2 cm³/mol. The van der Waals surface area contributed by atoms with Crippen LogP contribution in [0.15, 0.2) is 0 Å². The van der Waals surface area contributed by atoms with Crippen molar-refractivity contribution in [2.24, 2.45) is 5.92 Å². The lowest BCUT2D eigenvalue weighted by Gasteiger charge is -2.35. The van der Waals surface area contributed by atoms with Crippen LogP contribution in [0.3, 0.4) is 0 Å². The highest BCUT2D eigenvalue weighted by Gasteiger charge is 2.83. The van der Waals surface area contributed by atoms with Crippen LogP contribution in [0.25, 0.3) is 0 Å². The molecule has 28 heavy (non-hydrogen) atoms. The van der Waals surface area contributed by atoms with E-state index in [4.69, 9.17) is 9.15 Å². The Balaban J connectivity index is 0. The summed E-state index contributed by atoms with van der Waals surface area (Å²) in [5, 5.41) is 0. The lowest BCUT2D eigenvalue weighted by atomic mass is 9.98. The largest absolute Gasteiger partial charge is 0.460 e. The molecule has 17 heteroatoms. The molecule has 0 aromatic heterocycles. The fourth-order valence-electron chi connectivity index (χ4n) is 1.67. The van der Waals surface area contributed by atoms with Crippen molar-refractivity contribution < 1.29 is 75.4 Å². The van der Waals surface area contributed by atoms with Gasteiger partial charge in [-0.3, -0.25) is 4.74 Å². The Hall–Kier alpha value is -1.16. The van der Waals surface area contributed by atoms with Gasteiger partial charge >= 0.3 is 36.4 Å². The molecule has 0 aromatic rings. The minimum atomic E-state index is -7.53. The fraction of sp³-hybridized carbons (Fsp3) is 1.00. The van der Waals surface area contributed by atoms with Gasteiger partial charge in [0, 0.05) is 9.15 Å². The van der Waals surface area contributed by atoms with Crippen LogP contribution in [0.1, 0.15) is 26.2 Å². The second kappa shape index (κ2) is 9.11. The predicted octanol–water partition coefficient (Wildman–Crippen LogP) is 7.23. The summed E-state index contributed by atoms with van der Waals surface area (Å²) in [4.78, 5) is 0. The molecule has 0 aliphatic heterocycles. The zero-order valence-corrected chi connectivity index (χ0v) is 13.2. The molecule has 0 aliphatic carbocycles. The van der Waals surface area contributed by atoms with Crippen molar-refractivity contribution in [1.29, 1.82) is 0 Å². The summed E-state index contributed by atoms with van der Waals surface area (Å²) >= 11 is 0. The molecule has 0 fully saturated rings. The lowest BCUT2D eigenvalue weighted by molar-refractivity contribution is -0.484. The number of halogens is 16. The van der Waals surface area contributed by atoms with E-state index in [1.165, 1.54) is 0 Å². The Morgan fingerprint density at radius 3 is 1.36 bits per heavy atom. The van der Waals surface area contributed by atoms with E-state index in [2.05, 4.69) is 0 Å². The molecule has 0 saturated carbocycles. The number of hydrogen-bond donors (Lipinski definition) is 0. The topological polar surface area (TPSA) is 9.23 Å². The van der Waals surface area contributed by atoms with Crippen LogP contribution in [0.4, 0.5) is 70.6 Å². The number of ether oxygens (including phenoxy) is 1. The van der Waals surface area contributed by atoms with Gasteiger partial charge in [-0.15, -0.1) is 0 Å². The van der Waals surface area contributed by atoms with E-state index in [0.717, 1.165) is 6.92 Å². The van der Waals surface area contributed by atoms with Crippen LogP contribution < -0.4 is 0 Å². The molecule has 0 spiro atoms. The van der Waals surface area contributed by atoms with E-state index in [0.29, 0.717) is 0 Å². The fourth-order valence-corrected chi connectivity index (χ4v) is 1.67. The quantitative estimate of drug-likeness (QED) is 0.346. The molecular formula is C11H10F16O. The first-order valence-electron chi connectivity index (χ1n) is 6.61. The standard InChI is InChI=1S/C11H10F14O.F2/c1-2-3-5(7(14,15)16)4-6(12,13)26-11(24,25)9(19,20)8(17,18)10(21,22)23;1-2/h5H,2-4H2,1H3;. The maximum atomic E-state index is 13.2. The first-order chi connectivity index (χ1) is 12.1. The molecule has 1 unspecified atom stereocenters. The molecule has 0 N–H and O–H groups in total. The molecule has 0 aliphatic rings. The van der Waals surface area contributed by atoms with E-state index < -0.39 is 61.6 Å². The second-order valence-electron chi connectivity index (χ2n) is 5.13. The molecule has 0 heterocycles. The van der Waals surface area contributed by atoms with Crippen molar-refractivity contribution in [2.75, 3.05) is 0 Å². The van der Waals surface area contributed by atoms with Gasteiger partial charge < -0.3 is 0 Å². The average molecular weight is 462 g/mol. The van der Waals surface area contributed by atoms with Crippen molar-refractivity contribution in [3.8, 4) is 0 Å². The maximum absolute atomic E-state index is 13.2. The van der Waals surface area contributed by atoms with E-state index in [-0.39, 0.29) is 0 Å². The van der Waals surface area contributed by atoms with Gasteiger partial charge in [0.15, 0.2) is 0 Å². The molecule has 1 atom stereocenters.